The Hall–Kier alpha value is -2.11. The van der Waals surface area contributed by atoms with E-state index >= 15 is 0 Å². The van der Waals surface area contributed by atoms with Gasteiger partial charge in [-0.05, 0) is 40.7 Å². The summed E-state index contributed by atoms with van der Waals surface area (Å²) in [5.41, 5.74) is 3.08. The largest absolute Gasteiger partial charge is 0.469 e. The van der Waals surface area contributed by atoms with E-state index in [9.17, 15) is 9.59 Å². The quantitative estimate of drug-likeness (QED) is 0.653. The lowest BCUT2D eigenvalue weighted by Gasteiger charge is -2.20. The average Bonchev–Trinajstić information content (AvgIpc) is 2.69. The predicted molar refractivity (Wildman–Crippen MR) is 76.5 cm³/mol. The van der Waals surface area contributed by atoms with E-state index in [2.05, 4.69) is 15.8 Å². The molecule has 2 N–H and O–H groups in total. The molecule has 0 aliphatic rings. The first-order chi connectivity index (χ1) is 9.19. The van der Waals surface area contributed by atoms with Crippen LogP contribution in [0.15, 0.2) is 21.8 Å². The summed E-state index contributed by atoms with van der Waals surface area (Å²) >= 11 is 0. The first-order valence-corrected chi connectivity index (χ1v) is 6.37. The monoisotopic (exact) mass is 279 g/mol. The fraction of sp³-hybridized carbons (Fsp3) is 0.500. The van der Waals surface area contributed by atoms with Crippen LogP contribution in [0.2, 0.25) is 0 Å². The van der Waals surface area contributed by atoms with Crippen molar-refractivity contribution >= 4 is 17.5 Å². The van der Waals surface area contributed by atoms with Gasteiger partial charge < -0.3 is 9.73 Å². The summed E-state index contributed by atoms with van der Waals surface area (Å²) in [6.45, 7) is 9.09. The molecule has 0 bridgehead atoms. The number of carbonyl (C=O) groups is 2. The Kier molecular flexibility index (Phi) is 5.07. The van der Waals surface area contributed by atoms with Crippen molar-refractivity contribution in [2.45, 2.75) is 46.6 Å². The van der Waals surface area contributed by atoms with Gasteiger partial charge in [0.1, 0.15) is 5.76 Å². The van der Waals surface area contributed by atoms with Crippen LogP contribution in [0.5, 0.6) is 0 Å². The Labute approximate surface area is 118 Å². The minimum atomic E-state index is -0.355. The third-order valence-corrected chi connectivity index (χ3v) is 2.38. The van der Waals surface area contributed by atoms with Gasteiger partial charge in [-0.2, -0.15) is 5.10 Å². The van der Waals surface area contributed by atoms with Crippen molar-refractivity contribution < 1.29 is 14.0 Å². The zero-order chi connectivity index (χ0) is 15.3. The van der Waals surface area contributed by atoms with Crippen LogP contribution < -0.4 is 10.7 Å². The van der Waals surface area contributed by atoms with Crippen LogP contribution in [0.3, 0.4) is 0 Å². The Bertz CT molecular complexity index is 524. The lowest BCUT2D eigenvalue weighted by atomic mass is 10.1. The molecule has 0 saturated carbocycles. The molecule has 0 fully saturated rings. The summed E-state index contributed by atoms with van der Waals surface area (Å²) in [7, 11) is 0. The van der Waals surface area contributed by atoms with Gasteiger partial charge in [0.2, 0.25) is 5.91 Å². The molecule has 0 unspecified atom stereocenters. The minimum absolute atomic E-state index is 0.132. The van der Waals surface area contributed by atoms with Gasteiger partial charge in [-0.25, -0.2) is 5.43 Å². The maximum absolute atomic E-state index is 11.8. The molecule has 20 heavy (non-hydrogen) atoms. The number of hydrogen-bond acceptors (Lipinski definition) is 4. The standard InChI is InChI=1S/C14H21N3O3/c1-9(8-12(18)15-14(3,4)5)16-17-13(19)11-6-7-20-10(11)2/h6-7H,8H2,1-5H3,(H,15,18)(H,17,19)/b16-9+. The van der Waals surface area contributed by atoms with Crippen LogP contribution >= 0.6 is 0 Å². The SMILES string of the molecule is C/C(CC(=O)NC(C)(C)C)=N\NC(=O)c1ccoc1C. The fourth-order valence-electron chi connectivity index (χ4n) is 1.56. The topological polar surface area (TPSA) is 83.7 Å². The Morgan fingerprint density at radius 2 is 2.00 bits per heavy atom. The van der Waals surface area contributed by atoms with E-state index in [-0.39, 0.29) is 23.8 Å². The second-order valence-electron chi connectivity index (χ2n) is 5.65. The van der Waals surface area contributed by atoms with Gasteiger partial charge >= 0.3 is 0 Å². The number of amides is 2. The van der Waals surface area contributed by atoms with Gasteiger partial charge in [-0.1, -0.05) is 0 Å². The van der Waals surface area contributed by atoms with Crippen LogP contribution in [0, 0.1) is 6.92 Å². The molecule has 0 spiro atoms. The number of nitrogens with zero attached hydrogens (tertiary/aromatic N) is 1. The normalized spacial score (nSPS) is 12.2. The van der Waals surface area contributed by atoms with Crippen molar-refractivity contribution in [1.29, 1.82) is 0 Å². The van der Waals surface area contributed by atoms with Crippen molar-refractivity contribution in [3.8, 4) is 0 Å². The highest BCUT2D eigenvalue weighted by Crippen LogP contribution is 2.08. The van der Waals surface area contributed by atoms with E-state index in [1.54, 1.807) is 19.9 Å². The molecule has 0 aliphatic carbocycles. The summed E-state index contributed by atoms with van der Waals surface area (Å²) in [4.78, 5) is 23.4. The average molecular weight is 279 g/mol. The summed E-state index contributed by atoms with van der Waals surface area (Å²) < 4.78 is 5.04. The number of aryl methyl sites for hydroxylation is 1. The van der Waals surface area contributed by atoms with Gasteiger partial charge in [0.15, 0.2) is 0 Å². The molecular weight excluding hydrogens is 258 g/mol. The van der Waals surface area contributed by atoms with Crippen LogP contribution in [0.25, 0.3) is 0 Å². The van der Waals surface area contributed by atoms with E-state index in [1.165, 1.54) is 6.26 Å². The molecule has 110 valence electrons. The lowest BCUT2D eigenvalue weighted by Crippen LogP contribution is -2.41. The van der Waals surface area contributed by atoms with Crippen LogP contribution in [0.4, 0.5) is 0 Å². The summed E-state index contributed by atoms with van der Waals surface area (Å²) in [5.74, 6) is 0.0418. The van der Waals surface area contributed by atoms with Crippen LogP contribution in [-0.4, -0.2) is 23.1 Å². The number of hydrazone groups is 1. The van der Waals surface area contributed by atoms with Gasteiger partial charge in [0, 0.05) is 11.3 Å². The molecule has 1 aromatic rings. The van der Waals surface area contributed by atoms with Crippen molar-refractivity contribution in [3.63, 3.8) is 0 Å². The summed E-state index contributed by atoms with van der Waals surface area (Å²) in [5, 5.41) is 6.73. The number of carbonyl (C=O) groups excluding carboxylic acids is 2. The number of nitrogens with one attached hydrogen (secondary N) is 2. The highest BCUT2D eigenvalue weighted by molar-refractivity contribution is 6.01. The van der Waals surface area contributed by atoms with Crippen molar-refractivity contribution in [1.82, 2.24) is 10.7 Å². The molecule has 1 rings (SSSR count). The zero-order valence-corrected chi connectivity index (χ0v) is 12.5. The molecule has 0 radical (unpaired) electrons. The van der Waals surface area contributed by atoms with E-state index in [0.717, 1.165) is 0 Å². The molecule has 1 heterocycles. The Balaban J connectivity index is 2.52. The minimum Gasteiger partial charge on any atom is -0.469 e. The third-order valence-electron chi connectivity index (χ3n) is 2.38. The molecular formula is C14H21N3O3. The molecule has 0 aromatic carbocycles. The summed E-state index contributed by atoms with van der Waals surface area (Å²) in [6, 6.07) is 1.57. The molecule has 0 aliphatic heterocycles. The zero-order valence-electron chi connectivity index (χ0n) is 12.5. The first kappa shape index (κ1) is 15.9. The second kappa shape index (κ2) is 6.36. The van der Waals surface area contributed by atoms with E-state index in [1.807, 2.05) is 20.8 Å². The van der Waals surface area contributed by atoms with Crippen molar-refractivity contribution in [2.24, 2.45) is 5.10 Å². The Morgan fingerprint density at radius 1 is 1.35 bits per heavy atom. The van der Waals surface area contributed by atoms with E-state index < -0.39 is 0 Å². The van der Waals surface area contributed by atoms with Crippen molar-refractivity contribution in [2.75, 3.05) is 0 Å². The maximum Gasteiger partial charge on any atom is 0.274 e. The number of hydrogen-bond donors (Lipinski definition) is 2. The van der Waals surface area contributed by atoms with Crippen LogP contribution in [-0.2, 0) is 4.79 Å². The van der Waals surface area contributed by atoms with Crippen molar-refractivity contribution in [3.05, 3.63) is 23.7 Å². The van der Waals surface area contributed by atoms with Gasteiger partial charge in [-0.15, -0.1) is 0 Å². The van der Waals surface area contributed by atoms with Gasteiger partial charge in [0.05, 0.1) is 18.2 Å². The summed E-state index contributed by atoms with van der Waals surface area (Å²) in [6.07, 6.45) is 1.58. The van der Waals surface area contributed by atoms with E-state index in [4.69, 9.17) is 4.42 Å². The van der Waals surface area contributed by atoms with Gasteiger partial charge in [-0.3, -0.25) is 9.59 Å². The lowest BCUT2D eigenvalue weighted by molar-refractivity contribution is -0.121. The second-order valence-corrected chi connectivity index (χ2v) is 5.65. The molecule has 0 atom stereocenters. The maximum atomic E-state index is 11.8. The molecule has 1 aromatic heterocycles. The molecule has 6 nitrogen and oxygen atoms in total. The highest BCUT2D eigenvalue weighted by Gasteiger charge is 2.15. The predicted octanol–water partition coefficient (Wildman–Crippen LogP) is 2.00. The highest BCUT2D eigenvalue weighted by atomic mass is 16.3. The fourth-order valence-corrected chi connectivity index (χ4v) is 1.56. The first-order valence-electron chi connectivity index (χ1n) is 6.37. The molecule has 6 heteroatoms. The van der Waals surface area contributed by atoms with Gasteiger partial charge in [0.25, 0.3) is 5.91 Å². The number of rotatable bonds is 4. The third kappa shape index (κ3) is 5.26. The smallest absolute Gasteiger partial charge is 0.274 e. The molecule has 2 amide bonds. The number of furan rings is 1. The van der Waals surface area contributed by atoms with Crippen LogP contribution in [0.1, 0.15) is 50.2 Å². The Morgan fingerprint density at radius 3 is 2.50 bits per heavy atom. The molecule has 0 saturated heterocycles. The van der Waals surface area contributed by atoms with E-state index in [0.29, 0.717) is 17.0 Å².